The minimum Gasteiger partial charge on any atom is -0.496 e. The molecule has 1 amide bonds. The van der Waals surface area contributed by atoms with Gasteiger partial charge in [-0.05, 0) is 37.5 Å². The number of hydrogen-bond acceptors (Lipinski definition) is 3. The number of carbonyl (C=O) groups excluding carboxylic acids is 1. The van der Waals surface area contributed by atoms with E-state index >= 15 is 0 Å². The Balaban J connectivity index is 0.00000625. The van der Waals surface area contributed by atoms with Crippen molar-refractivity contribution >= 4 is 35.8 Å². The minimum atomic E-state index is -0.0419. The SMILES string of the molecule is C=C(C)CNC(=NCC(=O)N(C)C)NCCc1ccc(C)c(OC)c1.I. The van der Waals surface area contributed by atoms with Crippen LogP contribution in [-0.4, -0.2) is 57.6 Å². The predicted octanol–water partition coefficient (Wildman–Crippen LogP) is 2.36. The van der Waals surface area contributed by atoms with E-state index in [4.69, 9.17) is 4.74 Å². The van der Waals surface area contributed by atoms with E-state index in [1.807, 2.05) is 19.9 Å². The molecule has 0 radical (unpaired) electrons. The fraction of sp³-hybridized carbons (Fsp3) is 0.474. The number of carbonyl (C=O) groups is 1. The second-order valence-electron chi connectivity index (χ2n) is 6.24. The lowest BCUT2D eigenvalue weighted by Crippen LogP contribution is -2.40. The molecule has 0 unspecified atom stereocenters. The minimum absolute atomic E-state index is 0. The van der Waals surface area contributed by atoms with Gasteiger partial charge in [-0.1, -0.05) is 24.3 Å². The summed E-state index contributed by atoms with van der Waals surface area (Å²) in [5.74, 6) is 1.46. The molecule has 0 saturated carbocycles. The summed E-state index contributed by atoms with van der Waals surface area (Å²) in [7, 11) is 5.12. The third kappa shape index (κ3) is 9.07. The van der Waals surface area contributed by atoms with Crippen LogP contribution in [0.25, 0.3) is 0 Å². The van der Waals surface area contributed by atoms with E-state index in [0.717, 1.165) is 23.3 Å². The zero-order valence-electron chi connectivity index (χ0n) is 16.4. The quantitative estimate of drug-likeness (QED) is 0.263. The molecule has 6 nitrogen and oxygen atoms in total. The lowest BCUT2D eigenvalue weighted by atomic mass is 10.1. The van der Waals surface area contributed by atoms with Crippen molar-refractivity contribution in [2.24, 2.45) is 4.99 Å². The molecule has 0 aliphatic carbocycles. The second kappa shape index (κ2) is 12.6. The summed E-state index contributed by atoms with van der Waals surface area (Å²) in [5, 5.41) is 6.43. The number of halogens is 1. The lowest BCUT2D eigenvalue weighted by Gasteiger charge is -2.14. The Bertz CT molecular complexity index is 630. The molecule has 0 atom stereocenters. The number of hydrogen-bond donors (Lipinski definition) is 2. The first-order valence-electron chi connectivity index (χ1n) is 8.33. The second-order valence-corrected chi connectivity index (χ2v) is 6.24. The summed E-state index contributed by atoms with van der Waals surface area (Å²) in [6, 6.07) is 6.19. The van der Waals surface area contributed by atoms with Crippen molar-refractivity contribution in [3.8, 4) is 5.75 Å². The molecule has 1 rings (SSSR count). The fourth-order valence-corrected chi connectivity index (χ4v) is 2.04. The van der Waals surface area contributed by atoms with Crippen molar-refractivity contribution in [2.45, 2.75) is 20.3 Å². The number of ether oxygens (including phenoxy) is 1. The van der Waals surface area contributed by atoms with Gasteiger partial charge in [0.1, 0.15) is 12.3 Å². The molecule has 1 aromatic rings. The van der Waals surface area contributed by atoms with Gasteiger partial charge in [-0.15, -0.1) is 24.0 Å². The van der Waals surface area contributed by atoms with Crippen LogP contribution >= 0.6 is 24.0 Å². The Labute approximate surface area is 174 Å². The van der Waals surface area contributed by atoms with Crippen LogP contribution in [0.4, 0.5) is 0 Å². The van der Waals surface area contributed by atoms with Gasteiger partial charge in [0, 0.05) is 27.2 Å². The first kappa shape index (κ1) is 24.2. The smallest absolute Gasteiger partial charge is 0.243 e. The van der Waals surface area contributed by atoms with Crippen LogP contribution in [-0.2, 0) is 11.2 Å². The molecule has 146 valence electrons. The molecule has 7 heteroatoms. The number of aryl methyl sites for hydroxylation is 1. The molecular formula is C19H31IN4O2. The highest BCUT2D eigenvalue weighted by atomic mass is 127. The van der Waals surface area contributed by atoms with Gasteiger partial charge < -0.3 is 20.3 Å². The maximum Gasteiger partial charge on any atom is 0.243 e. The van der Waals surface area contributed by atoms with Crippen LogP contribution in [0.5, 0.6) is 5.75 Å². The normalized spacial score (nSPS) is 10.6. The molecular weight excluding hydrogens is 443 g/mol. The fourth-order valence-electron chi connectivity index (χ4n) is 2.04. The summed E-state index contributed by atoms with van der Waals surface area (Å²) in [4.78, 5) is 17.6. The van der Waals surface area contributed by atoms with Gasteiger partial charge in [0.15, 0.2) is 5.96 Å². The molecule has 0 aliphatic rings. The number of methoxy groups -OCH3 is 1. The Morgan fingerprint density at radius 3 is 2.58 bits per heavy atom. The third-order valence-corrected chi connectivity index (χ3v) is 3.61. The Hall–Kier alpha value is -1.77. The third-order valence-electron chi connectivity index (χ3n) is 3.61. The zero-order chi connectivity index (χ0) is 18.8. The number of guanidine groups is 1. The molecule has 2 N–H and O–H groups in total. The molecule has 0 spiro atoms. The van der Waals surface area contributed by atoms with Gasteiger partial charge in [-0.2, -0.15) is 0 Å². The highest BCUT2D eigenvalue weighted by molar-refractivity contribution is 14.0. The Morgan fingerprint density at radius 2 is 2.00 bits per heavy atom. The van der Waals surface area contributed by atoms with E-state index in [1.165, 1.54) is 10.5 Å². The van der Waals surface area contributed by atoms with Crippen molar-refractivity contribution in [1.82, 2.24) is 15.5 Å². The number of benzene rings is 1. The maximum atomic E-state index is 11.7. The molecule has 0 bridgehead atoms. The maximum absolute atomic E-state index is 11.7. The topological polar surface area (TPSA) is 66.0 Å². The highest BCUT2D eigenvalue weighted by Crippen LogP contribution is 2.18. The van der Waals surface area contributed by atoms with Gasteiger partial charge in [0.05, 0.1) is 7.11 Å². The molecule has 0 fully saturated rings. The number of nitrogens with one attached hydrogen (secondary N) is 2. The first-order valence-corrected chi connectivity index (χ1v) is 8.33. The Morgan fingerprint density at radius 1 is 1.31 bits per heavy atom. The number of amides is 1. The zero-order valence-corrected chi connectivity index (χ0v) is 18.7. The number of aliphatic imine (C=N–C) groups is 1. The number of likely N-dealkylation sites (N-methyl/N-ethyl adjacent to an activating group) is 1. The summed E-state index contributed by atoms with van der Waals surface area (Å²) in [6.45, 7) is 9.25. The van der Waals surface area contributed by atoms with Crippen LogP contribution in [0.3, 0.4) is 0 Å². The molecule has 0 saturated heterocycles. The number of nitrogens with zero attached hydrogens (tertiary/aromatic N) is 2. The summed E-state index contributed by atoms with van der Waals surface area (Å²) < 4.78 is 5.36. The van der Waals surface area contributed by atoms with E-state index in [1.54, 1.807) is 21.2 Å². The van der Waals surface area contributed by atoms with E-state index in [9.17, 15) is 4.79 Å². The van der Waals surface area contributed by atoms with E-state index < -0.39 is 0 Å². The van der Waals surface area contributed by atoms with Crippen molar-refractivity contribution in [3.63, 3.8) is 0 Å². The van der Waals surface area contributed by atoms with E-state index in [0.29, 0.717) is 19.0 Å². The largest absolute Gasteiger partial charge is 0.496 e. The lowest BCUT2D eigenvalue weighted by molar-refractivity contribution is -0.127. The average Bonchev–Trinajstić information content (AvgIpc) is 2.57. The van der Waals surface area contributed by atoms with E-state index in [-0.39, 0.29) is 36.4 Å². The van der Waals surface area contributed by atoms with Crippen molar-refractivity contribution < 1.29 is 9.53 Å². The molecule has 1 aromatic carbocycles. The monoisotopic (exact) mass is 474 g/mol. The highest BCUT2D eigenvalue weighted by Gasteiger charge is 2.05. The van der Waals surface area contributed by atoms with Crippen molar-refractivity contribution in [3.05, 3.63) is 41.5 Å². The number of rotatable bonds is 8. The first-order chi connectivity index (χ1) is 11.8. The van der Waals surface area contributed by atoms with Gasteiger partial charge in [-0.25, -0.2) is 4.99 Å². The predicted molar refractivity (Wildman–Crippen MR) is 119 cm³/mol. The molecule has 0 heterocycles. The molecule has 0 aromatic heterocycles. The standard InChI is InChI=1S/C19H30N4O2.HI/c1-14(2)12-21-19(22-13-18(24)23(4)5)20-10-9-16-8-7-15(3)17(11-16)25-6;/h7-8,11H,1,9-10,12-13H2,2-6H3,(H2,20,21,22);1H. The van der Waals surface area contributed by atoms with Crippen LogP contribution in [0, 0.1) is 6.92 Å². The van der Waals surface area contributed by atoms with Crippen LogP contribution in [0.15, 0.2) is 35.3 Å². The van der Waals surface area contributed by atoms with Crippen LogP contribution < -0.4 is 15.4 Å². The van der Waals surface area contributed by atoms with Crippen LogP contribution in [0.1, 0.15) is 18.1 Å². The summed E-state index contributed by atoms with van der Waals surface area (Å²) >= 11 is 0. The van der Waals surface area contributed by atoms with Crippen molar-refractivity contribution in [1.29, 1.82) is 0 Å². The molecule has 0 aliphatic heterocycles. The molecule has 26 heavy (non-hydrogen) atoms. The Kier molecular flexibility index (Phi) is 11.7. The van der Waals surface area contributed by atoms with Gasteiger partial charge in [0.2, 0.25) is 5.91 Å². The van der Waals surface area contributed by atoms with Gasteiger partial charge >= 0.3 is 0 Å². The van der Waals surface area contributed by atoms with Crippen molar-refractivity contribution in [2.75, 3.05) is 40.8 Å². The van der Waals surface area contributed by atoms with E-state index in [2.05, 4.69) is 34.3 Å². The average molecular weight is 474 g/mol. The van der Waals surface area contributed by atoms with Gasteiger partial charge in [0.25, 0.3) is 0 Å². The van der Waals surface area contributed by atoms with Crippen LogP contribution in [0.2, 0.25) is 0 Å². The summed E-state index contributed by atoms with van der Waals surface area (Å²) in [5.41, 5.74) is 3.29. The summed E-state index contributed by atoms with van der Waals surface area (Å²) in [6.07, 6.45) is 0.825. The van der Waals surface area contributed by atoms with Gasteiger partial charge in [-0.3, -0.25) is 4.79 Å².